The van der Waals surface area contributed by atoms with Crippen molar-refractivity contribution in [2.24, 2.45) is 0 Å². The Kier molecular flexibility index (Phi) is 28.0. The maximum Gasteiger partial charge on any atom is 0.338 e. The fourth-order valence-corrected chi connectivity index (χ4v) is 11.7. The van der Waals surface area contributed by atoms with E-state index in [1.54, 1.807) is 146 Å². The molecule has 0 aliphatic carbocycles. The molecule has 0 saturated carbocycles. The third-order valence-electron chi connectivity index (χ3n) is 17.9. The van der Waals surface area contributed by atoms with Gasteiger partial charge in [-0.2, -0.15) is 0 Å². The van der Waals surface area contributed by atoms with Crippen molar-refractivity contribution < 1.29 is 66.8 Å². The molecule has 6 aromatic carbocycles. The van der Waals surface area contributed by atoms with Crippen LogP contribution in [0.1, 0.15) is 248 Å². The molecule has 0 spiro atoms. The molecule has 0 saturated heterocycles. The number of hydrogen-bond donors (Lipinski definition) is 2. The van der Waals surface area contributed by atoms with E-state index in [1.807, 2.05) is 41.5 Å². The molecular formula is C86H92N10O14. The quantitative estimate of drug-likeness (QED) is 0.0225. The van der Waals surface area contributed by atoms with Gasteiger partial charge < -0.3 is 48.2 Å². The topological polar surface area (TPSA) is 307 Å². The molecule has 2 aliphatic heterocycles. The summed E-state index contributed by atoms with van der Waals surface area (Å²) in [7, 11) is 6.01. The number of ether oxygens (including phenoxy) is 6. The SMILES string of the molecule is CCCCOC(=O)c1ccc(C2=C(c3ccc(C(=O)OCCCC)cc3)c3nc2nc(C(=O)N(C)C)[nH]c(C(=O)N(C)C)nc2nc(nc4[nH]c(n3)c(-c3ccc(C(=O)OCCCC)cc3)c4-c3ccc(C(=O)OCCCC)cc3)C(c3ccc(C(=O)OCCCC)cc3)=C2c2ccc(C(=O)OCCCC)cc2)cc1. The van der Waals surface area contributed by atoms with Gasteiger partial charge in [0.1, 0.15) is 11.3 Å². The van der Waals surface area contributed by atoms with Crippen LogP contribution in [0.5, 0.6) is 0 Å². The third-order valence-corrected chi connectivity index (χ3v) is 17.9. The molecule has 2 aliphatic rings. The van der Waals surface area contributed by atoms with Crippen LogP contribution < -0.4 is 0 Å². The van der Waals surface area contributed by atoms with Gasteiger partial charge in [0.15, 0.2) is 34.9 Å². The number of rotatable bonds is 32. The van der Waals surface area contributed by atoms with Crippen LogP contribution in [0, 0.1) is 0 Å². The van der Waals surface area contributed by atoms with Crippen LogP contribution in [0.2, 0.25) is 0 Å². The van der Waals surface area contributed by atoms with E-state index in [0.29, 0.717) is 94.2 Å². The minimum atomic E-state index is -0.754. The number of amides is 2. The van der Waals surface area contributed by atoms with Gasteiger partial charge in [0.2, 0.25) is 0 Å². The Morgan fingerprint density at radius 1 is 0.273 bits per heavy atom. The number of carbonyl (C=O) groups is 8. The van der Waals surface area contributed by atoms with E-state index in [2.05, 4.69) is 9.97 Å². The second-order valence-electron chi connectivity index (χ2n) is 26.7. The monoisotopic (exact) mass is 1490 g/mol. The Morgan fingerprint density at radius 3 is 0.673 bits per heavy atom. The predicted octanol–water partition coefficient (Wildman–Crippen LogP) is 15.8. The number of nitrogens with one attached hydrogen (secondary N) is 2. The van der Waals surface area contributed by atoms with E-state index in [1.165, 1.54) is 38.0 Å². The Hall–Kier alpha value is -12.3. The zero-order valence-corrected chi connectivity index (χ0v) is 63.9. The average Bonchev–Trinajstić information content (AvgIpc) is 1.59. The lowest BCUT2D eigenvalue weighted by atomic mass is 9.94. The van der Waals surface area contributed by atoms with Gasteiger partial charge in [-0.25, -0.2) is 58.7 Å². The van der Waals surface area contributed by atoms with Crippen molar-refractivity contribution in [2.45, 2.75) is 119 Å². The van der Waals surface area contributed by atoms with E-state index in [0.717, 1.165) is 38.5 Å². The molecule has 0 atom stereocenters. The highest BCUT2D eigenvalue weighted by molar-refractivity contribution is 6.09. The summed E-state index contributed by atoms with van der Waals surface area (Å²) in [5.74, 6) is -6.05. The molecule has 570 valence electrons. The lowest BCUT2D eigenvalue weighted by Gasteiger charge is -2.13. The molecule has 2 aromatic heterocycles. The second-order valence-corrected chi connectivity index (χ2v) is 26.7. The van der Waals surface area contributed by atoms with E-state index in [-0.39, 0.29) is 119 Å². The average molecular weight is 1490 g/mol. The second kappa shape index (κ2) is 38.5. The number of unbranched alkanes of at least 4 members (excludes halogenated alkanes) is 6. The summed E-state index contributed by atoms with van der Waals surface area (Å²) in [6.45, 7) is 13.2. The number of carbonyl (C=O) groups excluding carboxylic acids is 8. The predicted molar refractivity (Wildman–Crippen MR) is 417 cm³/mol. The van der Waals surface area contributed by atoms with Crippen LogP contribution in [0.4, 0.5) is 0 Å². The van der Waals surface area contributed by atoms with Crippen LogP contribution in [0.25, 0.3) is 55.8 Å². The summed E-state index contributed by atoms with van der Waals surface area (Å²) in [6, 6.07) is 39.9. The third kappa shape index (κ3) is 19.5. The Balaban J connectivity index is 1.42. The van der Waals surface area contributed by atoms with Crippen molar-refractivity contribution in [2.75, 3.05) is 67.8 Å². The first kappa shape index (κ1) is 80.2. The molecule has 0 radical (unpaired) electrons. The molecule has 110 heavy (non-hydrogen) atoms. The van der Waals surface area contributed by atoms with Crippen molar-refractivity contribution >= 4 is 81.2 Å². The van der Waals surface area contributed by atoms with Gasteiger partial charge in [-0.05, 0) is 145 Å². The minimum Gasteiger partial charge on any atom is -0.462 e. The van der Waals surface area contributed by atoms with Gasteiger partial charge in [0, 0.05) is 61.6 Å². The Bertz CT molecular complexity index is 4640. The summed E-state index contributed by atoms with van der Waals surface area (Å²) in [5.41, 5.74) is 6.21. The minimum absolute atomic E-state index is 0.0216. The van der Waals surface area contributed by atoms with Gasteiger partial charge in [-0.1, -0.05) is 153 Å². The first-order chi connectivity index (χ1) is 53.3. The maximum atomic E-state index is 15.2. The van der Waals surface area contributed by atoms with Crippen LogP contribution in [-0.4, -0.2) is 165 Å². The molecule has 6 bridgehead atoms. The van der Waals surface area contributed by atoms with Gasteiger partial charge in [-0.3, -0.25) is 9.59 Å². The molecule has 10 rings (SSSR count). The largest absolute Gasteiger partial charge is 0.462 e. The van der Waals surface area contributed by atoms with Crippen LogP contribution >= 0.6 is 0 Å². The zero-order valence-electron chi connectivity index (χ0n) is 63.9. The number of fused-ring (bicyclic) bond motifs is 6. The van der Waals surface area contributed by atoms with Crippen molar-refractivity contribution in [3.63, 3.8) is 0 Å². The molecule has 8 aromatic rings. The number of aromatic nitrogens is 8. The van der Waals surface area contributed by atoms with E-state index in [9.17, 15) is 28.8 Å². The Morgan fingerprint density at radius 2 is 0.473 bits per heavy atom. The summed E-state index contributed by atoms with van der Waals surface area (Å²) >= 11 is 0. The maximum absolute atomic E-state index is 15.2. The number of aromatic amines is 2. The molecule has 24 heteroatoms. The van der Waals surface area contributed by atoms with Crippen molar-refractivity contribution in [3.05, 3.63) is 236 Å². The lowest BCUT2D eigenvalue weighted by Crippen LogP contribution is -2.27. The number of esters is 6. The fourth-order valence-electron chi connectivity index (χ4n) is 11.7. The summed E-state index contributed by atoms with van der Waals surface area (Å²) in [6.07, 6.45) is 8.70. The number of hydrogen-bond acceptors (Lipinski definition) is 20. The first-order valence-corrected chi connectivity index (χ1v) is 37.4. The van der Waals surface area contributed by atoms with Gasteiger partial charge in [0.05, 0.1) is 73.0 Å². The molecule has 4 heterocycles. The molecule has 0 unspecified atom stereocenters. The summed E-state index contributed by atoms with van der Waals surface area (Å²) in [4.78, 5) is 154. The van der Waals surface area contributed by atoms with Gasteiger partial charge in [-0.15, -0.1) is 0 Å². The highest BCUT2D eigenvalue weighted by atomic mass is 16.6. The van der Waals surface area contributed by atoms with E-state index in [4.69, 9.17) is 58.3 Å². The molecule has 0 fully saturated rings. The highest BCUT2D eigenvalue weighted by Crippen LogP contribution is 2.44. The highest BCUT2D eigenvalue weighted by Gasteiger charge is 2.32. The molecule has 2 amide bonds. The molecule has 2 N–H and O–H groups in total. The van der Waals surface area contributed by atoms with Gasteiger partial charge in [0.25, 0.3) is 11.8 Å². The van der Waals surface area contributed by atoms with Crippen LogP contribution in [-0.2, 0) is 28.4 Å². The fraction of sp³-hybridized carbons (Fsp3) is 0.326. The molecule has 24 nitrogen and oxygen atoms in total. The standard InChI is InChI=1S/C86H92N10O14/c1-11-17-47-105-81(99)59-35-23-53(24-36-59)65-66(54-25-37-60(38-26-54)82(100)106-48-18-12-2)72-87-71(65)88-73-67(55-27-39-61(40-28-55)83(101)107-49-19-13-3)69(57-31-43-63(44-32-57)85(103)109-51-21-15-5)75(90-73)92-77(79(97)95(7)8)94-78(80(98)96(9)10)93-76-70(58-33-45-64(46-34-58)86(104)110-52-22-16-6)68(74(89-72)91-76)56-29-41-62(42-30-56)84(102)108-50-20-14-4/h23-46H,11-22,47-52H2,1-10H3,(H2,87,88,89,90,91,92,93,94). The van der Waals surface area contributed by atoms with Crippen LogP contribution in [0.3, 0.4) is 0 Å². The Labute approximate surface area is 639 Å². The molecular weight excluding hydrogens is 1400 g/mol. The van der Waals surface area contributed by atoms with E-state index >= 15 is 9.59 Å². The van der Waals surface area contributed by atoms with Crippen molar-refractivity contribution in [1.82, 2.24) is 49.7 Å². The van der Waals surface area contributed by atoms with Crippen molar-refractivity contribution in [1.29, 1.82) is 0 Å². The summed E-state index contributed by atoms with van der Waals surface area (Å²) in [5, 5.41) is 0. The van der Waals surface area contributed by atoms with Crippen molar-refractivity contribution in [3.8, 4) is 22.3 Å². The van der Waals surface area contributed by atoms with Crippen LogP contribution in [0.15, 0.2) is 146 Å². The number of H-pyrrole nitrogens is 2. The lowest BCUT2D eigenvalue weighted by molar-refractivity contribution is 0.0490. The summed E-state index contributed by atoms with van der Waals surface area (Å²) < 4.78 is 34.0. The first-order valence-electron chi connectivity index (χ1n) is 37.4. The zero-order chi connectivity index (χ0) is 78.4. The normalized spacial score (nSPS) is 11.7. The number of nitrogens with zero attached hydrogens (tertiary/aromatic N) is 8. The number of benzene rings is 6. The van der Waals surface area contributed by atoms with Gasteiger partial charge >= 0.3 is 35.8 Å². The smallest absolute Gasteiger partial charge is 0.338 e. The van der Waals surface area contributed by atoms with E-state index < -0.39 is 59.3 Å².